The van der Waals surface area contributed by atoms with Gasteiger partial charge < -0.3 is 10.6 Å². The Morgan fingerprint density at radius 2 is 1.68 bits per heavy atom. The first-order chi connectivity index (χ1) is 14.6. The molecule has 3 rings (SSSR count). The van der Waals surface area contributed by atoms with E-state index in [-0.39, 0.29) is 28.3 Å². The summed E-state index contributed by atoms with van der Waals surface area (Å²) in [7, 11) is -7.67. The largest absolute Gasteiger partial charge is 0.338 e. The number of rotatable bonds is 6. The molecule has 10 heteroatoms. The van der Waals surface area contributed by atoms with E-state index < -0.39 is 19.9 Å². The summed E-state index contributed by atoms with van der Waals surface area (Å²) >= 11 is 0. The van der Waals surface area contributed by atoms with Crippen molar-refractivity contribution in [2.45, 2.75) is 29.6 Å². The summed E-state index contributed by atoms with van der Waals surface area (Å²) in [6.45, 7) is 2.80. The molecule has 2 N–H and O–H groups in total. The lowest BCUT2D eigenvalue weighted by atomic mass is 10.00. The number of sulfonamides is 1. The van der Waals surface area contributed by atoms with Crippen LogP contribution in [0.4, 0.5) is 10.5 Å². The van der Waals surface area contributed by atoms with E-state index in [4.69, 9.17) is 0 Å². The average Bonchev–Trinajstić information content (AvgIpc) is 2.73. The Labute approximate surface area is 183 Å². The fraction of sp³-hybridized carbons (Fsp3) is 0.381. The van der Waals surface area contributed by atoms with Crippen molar-refractivity contribution in [3.63, 3.8) is 0 Å². The van der Waals surface area contributed by atoms with Crippen LogP contribution in [0.1, 0.15) is 18.4 Å². The van der Waals surface area contributed by atoms with Gasteiger partial charge in [0.05, 0.1) is 4.90 Å². The number of urea groups is 1. The molecule has 1 atom stereocenters. The van der Waals surface area contributed by atoms with Gasteiger partial charge in [-0.05, 0) is 49.9 Å². The van der Waals surface area contributed by atoms with E-state index in [1.54, 1.807) is 0 Å². The Balaban J connectivity index is 1.65. The summed E-state index contributed by atoms with van der Waals surface area (Å²) in [5, 5.41) is 5.55. The van der Waals surface area contributed by atoms with E-state index in [2.05, 4.69) is 10.6 Å². The molecule has 1 aliphatic rings. The predicted octanol–water partition coefficient (Wildman–Crippen LogP) is 2.62. The third kappa shape index (κ3) is 5.84. The highest BCUT2D eigenvalue weighted by atomic mass is 32.2. The second-order valence-electron chi connectivity index (χ2n) is 7.79. The molecule has 8 nitrogen and oxygen atoms in total. The van der Waals surface area contributed by atoms with Gasteiger partial charge in [0, 0.05) is 31.6 Å². The Kier molecular flexibility index (Phi) is 7.03. The lowest BCUT2D eigenvalue weighted by Gasteiger charge is -2.32. The molecule has 1 saturated heterocycles. The van der Waals surface area contributed by atoms with Crippen LogP contribution in [0.5, 0.6) is 0 Å². The molecule has 31 heavy (non-hydrogen) atoms. The highest BCUT2D eigenvalue weighted by molar-refractivity contribution is 7.93. The Morgan fingerprint density at radius 1 is 1.03 bits per heavy atom. The van der Waals surface area contributed by atoms with Crippen molar-refractivity contribution >= 4 is 31.6 Å². The fourth-order valence-electron chi connectivity index (χ4n) is 3.57. The second kappa shape index (κ2) is 9.37. The maximum atomic E-state index is 13.2. The topological polar surface area (TPSA) is 113 Å². The number of nitrogens with zero attached hydrogens (tertiary/aromatic N) is 1. The van der Waals surface area contributed by atoms with Crippen LogP contribution >= 0.6 is 0 Å². The van der Waals surface area contributed by atoms with Crippen molar-refractivity contribution < 1.29 is 21.6 Å². The molecule has 1 unspecified atom stereocenters. The summed E-state index contributed by atoms with van der Waals surface area (Å²) in [5.41, 5.74) is 1.76. The summed E-state index contributed by atoms with van der Waals surface area (Å²) in [5.74, 6) is -0.0716. The molecule has 168 valence electrons. The van der Waals surface area contributed by atoms with Gasteiger partial charge in [-0.25, -0.2) is 21.6 Å². The molecular weight excluding hydrogens is 438 g/mol. The van der Waals surface area contributed by atoms with Crippen LogP contribution in [0.15, 0.2) is 58.3 Å². The van der Waals surface area contributed by atoms with Crippen LogP contribution < -0.4 is 10.6 Å². The van der Waals surface area contributed by atoms with E-state index in [1.807, 2.05) is 31.2 Å². The van der Waals surface area contributed by atoms with Crippen molar-refractivity contribution in [3.05, 3.63) is 54.1 Å². The first-order valence-corrected chi connectivity index (χ1v) is 13.3. The van der Waals surface area contributed by atoms with Crippen molar-refractivity contribution in [2.75, 3.05) is 31.2 Å². The number of hydrogen-bond acceptors (Lipinski definition) is 5. The summed E-state index contributed by atoms with van der Waals surface area (Å²) in [4.78, 5) is 11.8. The summed E-state index contributed by atoms with van der Waals surface area (Å²) < 4.78 is 51.8. The molecule has 0 spiro atoms. The molecule has 0 radical (unpaired) electrons. The highest BCUT2D eigenvalue weighted by Crippen LogP contribution is 2.27. The van der Waals surface area contributed by atoms with Crippen LogP contribution in [0.25, 0.3) is 0 Å². The number of nitrogens with one attached hydrogen (secondary N) is 2. The zero-order chi connectivity index (χ0) is 22.6. The van der Waals surface area contributed by atoms with Gasteiger partial charge >= 0.3 is 6.03 Å². The molecule has 0 aromatic heterocycles. The number of amides is 2. The van der Waals surface area contributed by atoms with Crippen molar-refractivity contribution in [1.29, 1.82) is 0 Å². The number of carbonyl (C=O) groups is 1. The smallest absolute Gasteiger partial charge is 0.319 e. The minimum absolute atomic E-state index is 0.0716. The molecule has 1 heterocycles. The summed E-state index contributed by atoms with van der Waals surface area (Å²) in [6, 6.07) is 12.7. The number of aryl methyl sites for hydroxylation is 1. The standard InChI is InChI=1S/C21H27N3O5S2/c1-16-9-11-18(12-10-16)23-21(25)22-14-17-6-5-13-24(15-17)31(28,29)20-8-4-3-7-19(20)30(2,26)27/h3-4,7-12,17H,5-6,13-15H2,1-2H3,(H2,22,23,25). The van der Waals surface area contributed by atoms with Crippen LogP contribution in [0.3, 0.4) is 0 Å². The third-order valence-electron chi connectivity index (χ3n) is 5.21. The molecule has 2 aromatic carbocycles. The zero-order valence-electron chi connectivity index (χ0n) is 17.5. The van der Waals surface area contributed by atoms with Crippen LogP contribution in [0, 0.1) is 12.8 Å². The predicted molar refractivity (Wildman–Crippen MR) is 119 cm³/mol. The van der Waals surface area contributed by atoms with Crippen LogP contribution in [0.2, 0.25) is 0 Å². The minimum atomic E-state index is -3.97. The maximum absolute atomic E-state index is 13.2. The molecule has 0 bridgehead atoms. The first kappa shape index (κ1) is 23.2. The number of hydrogen-bond donors (Lipinski definition) is 2. The van der Waals surface area contributed by atoms with Gasteiger partial charge in [-0.1, -0.05) is 29.8 Å². The van der Waals surface area contributed by atoms with Crippen LogP contribution in [-0.4, -0.2) is 53.1 Å². The van der Waals surface area contributed by atoms with Gasteiger partial charge in [0.1, 0.15) is 4.90 Å². The number of benzene rings is 2. The van der Waals surface area contributed by atoms with E-state index in [1.165, 1.54) is 28.6 Å². The number of carbonyl (C=O) groups excluding carboxylic acids is 1. The van der Waals surface area contributed by atoms with Gasteiger partial charge in [0.2, 0.25) is 10.0 Å². The molecule has 2 aromatic rings. The molecule has 0 aliphatic carbocycles. The molecular formula is C21H27N3O5S2. The van der Waals surface area contributed by atoms with Gasteiger partial charge in [0.25, 0.3) is 0 Å². The van der Waals surface area contributed by atoms with Gasteiger partial charge in [-0.15, -0.1) is 0 Å². The number of anilines is 1. The van der Waals surface area contributed by atoms with E-state index >= 15 is 0 Å². The number of piperidine rings is 1. The fourth-order valence-corrected chi connectivity index (χ4v) is 6.73. The first-order valence-electron chi connectivity index (χ1n) is 9.98. The van der Waals surface area contributed by atoms with Gasteiger partial charge in [-0.3, -0.25) is 0 Å². The third-order valence-corrected chi connectivity index (χ3v) is 8.42. The van der Waals surface area contributed by atoms with Gasteiger partial charge in [0.15, 0.2) is 9.84 Å². The monoisotopic (exact) mass is 465 g/mol. The quantitative estimate of drug-likeness (QED) is 0.681. The summed E-state index contributed by atoms with van der Waals surface area (Å²) in [6.07, 6.45) is 2.40. The SMILES string of the molecule is Cc1ccc(NC(=O)NCC2CCCN(S(=O)(=O)c3ccccc3S(C)(=O)=O)C2)cc1. The van der Waals surface area contributed by atoms with Crippen molar-refractivity contribution in [1.82, 2.24) is 9.62 Å². The van der Waals surface area contributed by atoms with Crippen LogP contribution in [-0.2, 0) is 19.9 Å². The number of sulfone groups is 1. The Morgan fingerprint density at radius 3 is 2.32 bits per heavy atom. The van der Waals surface area contributed by atoms with Crippen molar-refractivity contribution in [2.24, 2.45) is 5.92 Å². The Hall–Kier alpha value is -2.43. The van der Waals surface area contributed by atoms with E-state index in [9.17, 15) is 21.6 Å². The zero-order valence-corrected chi connectivity index (χ0v) is 19.2. The highest BCUT2D eigenvalue weighted by Gasteiger charge is 2.33. The normalized spacial score (nSPS) is 17.8. The lowest BCUT2D eigenvalue weighted by Crippen LogP contribution is -2.44. The maximum Gasteiger partial charge on any atom is 0.319 e. The molecule has 2 amide bonds. The Bertz CT molecular complexity index is 1150. The lowest BCUT2D eigenvalue weighted by molar-refractivity contribution is 0.238. The molecule has 1 fully saturated rings. The molecule has 1 aliphatic heterocycles. The van der Waals surface area contributed by atoms with E-state index in [0.717, 1.165) is 18.2 Å². The van der Waals surface area contributed by atoms with E-state index in [0.29, 0.717) is 25.2 Å². The minimum Gasteiger partial charge on any atom is -0.338 e. The second-order valence-corrected chi connectivity index (χ2v) is 11.7. The van der Waals surface area contributed by atoms with Gasteiger partial charge in [-0.2, -0.15) is 4.31 Å². The molecule has 0 saturated carbocycles. The average molecular weight is 466 g/mol. The van der Waals surface area contributed by atoms with Crippen molar-refractivity contribution in [3.8, 4) is 0 Å².